The van der Waals surface area contributed by atoms with Gasteiger partial charge in [-0.2, -0.15) is 0 Å². The van der Waals surface area contributed by atoms with Crippen molar-refractivity contribution in [3.8, 4) is 34.3 Å². The second-order valence-corrected chi connectivity index (χ2v) is 7.79. The molecule has 1 aromatic heterocycles. The maximum absolute atomic E-state index is 13.1. The Morgan fingerprint density at radius 1 is 0.971 bits per heavy atom. The number of benzene rings is 2. The van der Waals surface area contributed by atoms with Gasteiger partial charge < -0.3 is 28.8 Å². The third-order valence-electron chi connectivity index (χ3n) is 5.42. The molecule has 3 rings (SSSR count). The minimum absolute atomic E-state index is 0.0396. The number of methoxy groups -OCH3 is 1. The molecule has 0 saturated heterocycles. The number of aryl methyl sites for hydroxylation is 1. The van der Waals surface area contributed by atoms with Crippen molar-refractivity contribution in [1.29, 1.82) is 0 Å². The summed E-state index contributed by atoms with van der Waals surface area (Å²) in [6.45, 7) is 5.52. The van der Waals surface area contributed by atoms with E-state index in [1.54, 1.807) is 25.1 Å². The van der Waals surface area contributed by atoms with Crippen LogP contribution in [0.3, 0.4) is 0 Å². The fourth-order valence-electron chi connectivity index (χ4n) is 3.88. The smallest absolute Gasteiger partial charge is 0.344 e. The molecule has 2 aromatic carbocycles. The molecule has 182 valence electrons. The van der Waals surface area contributed by atoms with Crippen LogP contribution in [-0.2, 0) is 22.4 Å². The van der Waals surface area contributed by atoms with E-state index in [-0.39, 0.29) is 47.2 Å². The van der Waals surface area contributed by atoms with Gasteiger partial charge in [-0.1, -0.05) is 26.7 Å². The van der Waals surface area contributed by atoms with E-state index in [9.17, 15) is 19.8 Å². The zero-order valence-electron chi connectivity index (χ0n) is 19.9. The van der Waals surface area contributed by atoms with E-state index in [0.717, 1.165) is 0 Å². The lowest BCUT2D eigenvalue weighted by Gasteiger charge is -2.16. The number of fused-ring (bicyclic) bond motifs is 1. The van der Waals surface area contributed by atoms with Crippen LogP contribution in [0.25, 0.3) is 22.3 Å². The Bertz CT molecular complexity index is 1240. The zero-order valence-corrected chi connectivity index (χ0v) is 19.9. The molecule has 1 heterocycles. The van der Waals surface area contributed by atoms with Crippen LogP contribution in [0, 0.1) is 0 Å². The number of rotatable bonds is 10. The number of carbonyl (C=O) groups is 1. The number of aromatic hydroxyl groups is 2. The maximum Gasteiger partial charge on any atom is 0.344 e. The van der Waals surface area contributed by atoms with E-state index in [1.165, 1.54) is 13.2 Å². The van der Waals surface area contributed by atoms with E-state index >= 15 is 0 Å². The Hall–Kier alpha value is -3.68. The third-order valence-corrected chi connectivity index (χ3v) is 5.42. The SMILES string of the molecule is CCCc1c(O)c(CCC)c2oc(-c3ccc(OC)c(OCC(=O)OCC)c3)cc(=O)c2c1O. The van der Waals surface area contributed by atoms with Gasteiger partial charge in [0.1, 0.15) is 28.2 Å². The molecule has 0 fully saturated rings. The quantitative estimate of drug-likeness (QED) is 0.409. The van der Waals surface area contributed by atoms with Crippen molar-refractivity contribution < 1.29 is 33.6 Å². The summed E-state index contributed by atoms with van der Waals surface area (Å²) in [6, 6.07) is 6.20. The number of phenolic OH excluding ortho intramolecular Hbond substituents is 2. The lowest BCUT2D eigenvalue weighted by atomic mass is 9.96. The molecule has 0 aliphatic rings. The molecule has 3 aromatic rings. The summed E-state index contributed by atoms with van der Waals surface area (Å²) in [4.78, 5) is 24.8. The van der Waals surface area contributed by atoms with Crippen LogP contribution in [0.2, 0.25) is 0 Å². The summed E-state index contributed by atoms with van der Waals surface area (Å²) in [5.41, 5.74) is 1.08. The lowest BCUT2D eigenvalue weighted by Crippen LogP contribution is -2.14. The minimum Gasteiger partial charge on any atom is -0.507 e. The van der Waals surface area contributed by atoms with Gasteiger partial charge in [0.15, 0.2) is 23.5 Å². The summed E-state index contributed by atoms with van der Waals surface area (Å²) in [6.07, 6.45) is 2.32. The van der Waals surface area contributed by atoms with Crippen molar-refractivity contribution in [2.75, 3.05) is 20.3 Å². The third kappa shape index (κ3) is 4.95. The van der Waals surface area contributed by atoms with Gasteiger partial charge in [0, 0.05) is 22.8 Å². The average molecular weight is 471 g/mol. The Balaban J connectivity index is 2.16. The van der Waals surface area contributed by atoms with Gasteiger partial charge in [-0.25, -0.2) is 4.79 Å². The average Bonchev–Trinajstić information content (AvgIpc) is 2.82. The Morgan fingerprint density at radius 2 is 1.68 bits per heavy atom. The standard InChI is InChI=1S/C26H30O8/c1-5-8-16-24(29)17(9-6-2)26-23(25(16)30)18(27)13-20(34-26)15-10-11-19(31-4)21(12-15)33-14-22(28)32-7-3/h10-13,29-30H,5-9,14H2,1-4H3. The zero-order chi connectivity index (χ0) is 24.8. The number of hydrogen-bond donors (Lipinski definition) is 2. The van der Waals surface area contributed by atoms with Crippen molar-refractivity contribution in [1.82, 2.24) is 0 Å². The molecule has 8 heteroatoms. The molecule has 0 spiro atoms. The topological polar surface area (TPSA) is 115 Å². The van der Waals surface area contributed by atoms with Gasteiger partial charge in [-0.05, 0) is 38.0 Å². The molecule has 0 radical (unpaired) electrons. The highest BCUT2D eigenvalue weighted by molar-refractivity contribution is 5.91. The first-order chi connectivity index (χ1) is 16.4. The van der Waals surface area contributed by atoms with Gasteiger partial charge in [0.05, 0.1) is 13.7 Å². The van der Waals surface area contributed by atoms with Crippen molar-refractivity contribution >= 4 is 16.9 Å². The van der Waals surface area contributed by atoms with Crippen molar-refractivity contribution in [3.05, 3.63) is 45.6 Å². The Morgan fingerprint density at radius 3 is 2.32 bits per heavy atom. The summed E-state index contributed by atoms with van der Waals surface area (Å²) < 4.78 is 21.9. The summed E-state index contributed by atoms with van der Waals surface area (Å²) in [7, 11) is 1.47. The molecule has 0 aliphatic carbocycles. The molecule has 0 unspecified atom stereocenters. The Kier molecular flexibility index (Phi) is 8.04. The van der Waals surface area contributed by atoms with Gasteiger partial charge in [-0.3, -0.25) is 4.79 Å². The van der Waals surface area contributed by atoms with Crippen LogP contribution >= 0.6 is 0 Å². The van der Waals surface area contributed by atoms with E-state index in [4.69, 9.17) is 18.6 Å². The predicted octanol–water partition coefficient (Wildman–Crippen LogP) is 4.73. The van der Waals surface area contributed by atoms with E-state index in [1.807, 2.05) is 13.8 Å². The highest BCUT2D eigenvalue weighted by atomic mass is 16.6. The number of ether oxygens (including phenoxy) is 3. The minimum atomic E-state index is -0.523. The number of hydrogen-bond acceptors (Lipinski definition) is 8. The lowest BCUT2D eigenvalue weighted by molar-refractivity contribution is -0.145. The van der Waals surface area contributed by atoms with Crippen LogP contribution in [0.15, 0.2) is 33.5 Å². The second kappa shape index (κ2) is 11.0. The van der Waals surface area contributed by atoms with Crippen LogP contribution in [0.5, 0.6) is 23.0 Å². The van der Waals surface area contributed by atoms with E-state index < -0.39 is 11.4 Å². The summed E-state index contributed by atoms with van der Waals surface area (Å²) in [5.74, 6) is 0.0755. The van der Waals surface area contributed by atoms with Crippen molar-refractivity contribution in [2.45, 2.75) is 46.5 Å². The number of esters is 1. The molecule has 0 atom stereocenters. The molecule has 0 amide bonds. The monoisotopic (exact) mass is 470 g/mol. The van der Waals surface area contributed by atoms with Crippen molar-refractivity contribution in [2.24, 2.45) is 0 Å². The van der Waals surface area contributed by atoms with E-state index in [0.29, 0.717) is 48.1 Å². The largest absolute Gasteiger partial charge is 0.507 e. The molecule has 2 N–H and O–H groups in total. The second-order valence-electron chi connectivity index (χ2n) is 7.79. The normalized spacial score (nSPS) is 10.9. The van der Waals surface area contributed by atoms with Gasteiger partial charge in [0.25, 0.3) is 0 Å². The molecule has 8 nitrogen and oxygen atoms in total. The Labute approximate surface area is 197 Å². The fourth-order valence-corrected chi connectivity index (χ4v) is 3.88. The first-order valence-electron chi connectivity index (χ1n) is 11.4. The number of phenols is 2. The van der Waals surface area contributed by atoms with Crippen LogP contribution in [-0.4, -0.2) is 36.5 Å². The van der Waals surface area contributed by atoms with Crippen LogP contribution in [0.1, 0.15) is 44.7 Å². The molecule has 0 saturated carbocycles. The van der Waals surface area contributed by atoms with Gasteiger partial charge in [-0.15, -0.1) is 0 Å². The van der Waals surface area contributed by atoms with E-state index in [2.05, 4.69) is 0 Å². The maximum atomic E-state index is 13.1. The first-order valence-corrected chi connectivity index (χ1v) is 11.4. The molecule has 0 bridgehead atoms. The van der Waals surface area contributed by atoms with Gasteiger partial charge in [0.2, 0.25) is 0 Å². The summed E-state index contributed by atoms with van der Waals surface area (Å²) >= 11 is 0. The van der Waals surface area contributed by atoms with Crippen LogP contribution in [0.4, 0.5) is 0 Å². The summed E-state index contributed by atoms with van der Waals surface area (Å²) in [5, 5.41) is 21.7. The van der Waals surface area contributed by atoms with Gasteiger partial charge >= 0.3 is 5.97 Å². The molecular weight excluding hydrogens is 440 g/mol. The molecule has 34 heavy (non-hydrogen) atoms. The number of carbonyl (C=O) groups excluding carboxylic acids is 1. The molecule has 0 aliphatic heterocycles. The highest BCUT2D eigenvalue weighted by Gasteiger charge is 2.23. The fraction of sp³-hybridized carbons (Fsp3) is 0.385. The predicted molar refractivity (Wildman–Crippen MR) is 128 cm³/mol. The highest BCUT2D eigenvalue weighted by Crippen LogP contribution is 2.41. The first kappa shape index (κ1) is 25.0. The molecular formula is C26H30O8. The van der Waals surface area contributed by atoms with Crippen molar-refractivity contribution in [3.63, 3.8) is 0 Å². The van der Waals surface area contributed by atoms with Crippen LogP contribution < -0.4 is 14.9 Å².